The summed E-state index contributed by atoms with van der Waals surface area (Å²) in [5.41, 5.74) is 7.13. The molecule has 1 amide bonds. The minimum atomic E-state index is -0.0262. The fraction of sp³-hybridized carbons (Fsp3) is 0.462. The molecular formula is C13H18N2O2. The number of anilines is 2. The number of likely N-dealkylation sites (N-methyl/N-ethyl adjacent to an activating group) is 1. The van der Waals surface area contributed by atoms with Gasteiger partial charge in [-0.3, -0.25) is 4.79 Å². The second-order valence-electron chi connectivity index (χ2n) is 4.41. The van der Waals surface area contributed by atoms with E-state index in [0.29, 0.717) is 11.8 Å². The molecule has 17 heavy (non-hydrogen) atoms. The molecule has 1 aliphatic rings. The molecule has 1 aliphatic carbocycles. The van der Waals surface area contributed by atoms with Crippen LogP contribution in [0.5, 0.6) is 0 Å². The average molecular weight is 234 g/mol. The first kappa shape index (κ1) is 11.9. The minimum absolute atomic E-state index is 0.0262. The molecule has 1 saturated carbocycles. The fourth-order valence-electron chi connectivity index (χ4n) is 1.67. The van der Waals surface area contributed by atoms with Gasteiger partial charge in [-0.15, -0.1) is 0 Å². The first-order valence-corrected chi connectivity index (χ1v) is 5.90. The van der Waals surface area contributed by atoms with Crippen LogP contribution in [0.2, 0.25) is 0 Å². The molecule has 0 radical (unpaired) electrons. The lowest BCUT2D eigenvalue weighted by Crippen LogP contribution is -2.33. The Balaban J connectivity index is 1.87. The summed E-state index contributed by atoms with van der Waals surface area (Å²) in [6.07, 6.45) is 3.67. The summed E-state index contributed by atoms with van der Waals surface area (Å²) in [6, 6.07) is 7.23. The standard InChI is InChI=1S/C13H18N2O2/c1-15(11-7-5-10(14)6-8-11)13(16)9-17-12-3-2-4-12/h5-8,12H,2-4,9,14H2,1H3. The molecule has 1 aromatic rings. The lowest BCUT2D eigenvalue weighted by Gasteiger charge is -2.26. The molecule has 0 bridgehead atoms. The van der Waals surface area contributed by atoms with Crippen LogP contribution in [-0.4, -0.2) is 25.7 Å². The normalized spacial score (nSPS) is 15.4. The smallest absolute Gasteiger partial charge is 0.252 e. The molecule has 0 saturated heterocycles. The van der Waals surface area contributed by atoms with Gasteiger partial charge in [0.25, 0.3) is 5.91 Å². The van der Waals surface area contributed by atoms with E-state index in [1.807, 2.05) is 12.1 Å². The van der Waals surface area contributed by atoms with E-state index >= 15 is 0 Å². The predicted molar refractivity (Wildman–Crippen MR) is 67.9 cm³/mol. The van der Waals surface area contributed by atoms with Crippen molar-refractivity contribution in [2.75, 3.05) is 24.3 Å². The number of carbonyl (C=O) groups is 1. The van der Waals surface area contributed by atoms with Crippen LogP contribution < -0.4 is 10.6 Å². The van der Waals surface area contributed by atoms with E-state index in [0.717, 1.165) is 18.5 Å². The van der Waals surface area contributed by atoms with E-state index < -0.39 is 0 Å². The van der Waals surface area contributed by atoms with Crippen LogP contribution in [-0.2, 0) is 9.53 Å². The first-order valence-electron chi connectivity index (χ1n) is 5.90. The zero-order chi connectivity index (χ0) is 12.3. The van der Waals surface area contributed by atoms with E-state index in [9.17, 15) is 4.79 Å². The third-order valence-corrected chi connectivity index (χ3v) is 3.15. The van der Waals surface area contributed by atoms with Gasteiger partial charge < -0.3 is 15.4 Å². The maximum Gasteiger partial charge on any atom is 0.252 e. The molecule has 0 heterocycles. The summed E-state index contributed by atoms with van der Waals surface area (Å²) in [6.45, 7) is 0.158. The van der Waals surface area contributed by atoms with Crippen molar-refractivity contribution >= 4 is 17.3 Å². The molecule has 4 nitrogen and oxygen atoms in total. The molecule has 0 atom stereocenters. The molecule has 0 spiro atoms. The Kier molecular flexibility index (Phi) is 3.64. The largest absolute Gasteiger partial charge is 0.399 e. The number of hydrogen-bond donors (Lipinski definition) is 1. The monoisotopic (exact) mass is 234 g/mol. The second kappa shape index (κ2) is 5.19. The van der Waals surface area contributed by atoms with Gasteiger partial charge in [0.1, 0.15) is 6.61 Å². The number of hydrogen-bond acceptors (Lipinski definition) is 3. The van der Waals surface area contributed by atoms with Gasteiger partial charge >= 0.3 is 0 Å². The van der Waals surface area contributed by atoms with Gasteiger partial charge in [-0.2, -0.15) is 0 Å². The number of nitrogen functional groups attached to an aromatic ring is 1. The number of carbonyl (C=O) groups excluding carboxylic acids is 1. The average Bonchev–Trinajstić information content (AvgIpc) is 2.27. The van der Waals surface area contributed by atoms with Crippen LogP contribution in [0, 0.1) is 0 Å². The molecule has 0 aliphatic heterocycles. The van der Waals surface area contributed by atoms with Crippen molar-refractivity contribution in [1.82, 2.24) is 0 Å². The van der Waals surface area contributed by atoms with Crippen molar-refractivity contribution in [2.45, 2.75) is 25.4 Å². The van der Waals surface area contributed by atoms with Crippen LogP contribution in [0.1, 0.15) is 19.3 Å². The van der Waals surface area contributed by atoms with Crippen molar-refractivity contribution in [3.63, 3.8) is 0 Å². The molecule has 0 unspecified atom stereocenters. The molecule has 0 aromatic heterocycles. The van der Waals surface area contributed by atoms with Gasteiger partial charge in [-0.25, -0.2) is 0 Å². The molecule has 1 fully saturated rings. The first-order chi connectivity index (χ1) is 8.16. The highest BCUT2D eigenvalue weighted by Crippen LogP contribution is 2.22. The van der Waals surface area contributed by atoms with E-state index in [1.54, 1.807) is 24.1 Å². The van der Waals surface area contributed by atoms with Crippen molar-refractivity contribution in [3.8, 4) is 0 Å². The maximum absolute atomic E-state index is 11.8. The van der Waals surface area contributed by atoms with Crippen molar-refractivity contribution in [3.05, 3.63) is 24.3 Å². The van der Waals surface area contributed by atoms with Gasteiger partial charge in [0, 0.05) is 18.4 Å². The Bertz CT molecular complexity index is 385. The van der Waals surface area contributed by atoms with E-state index in [4.69, 9.17) is 10.5 Å². The number of rotatable bonds is 4. The lowest BCUT2D eigenvalue weighted by atomic mass is 9.96. The van der Waals surface area contributed by atoms with Gasteiger partial charge in [0.05, 0.1) is 6.10 Å². The molecule has 1 aromatic carbocycles. The van der Waals surface area contributed by atoms with Gasteiger partial charge in [-0.1, -0.05) is 0 Å². The summed E-state index contributed by atoms with van der Waals surface area (Å²) < 4.78 is 5.49. The van der Waals surface area contributed by atoms with Gasteiger partial charge in [0.2, 0.25) is 0 Å². The van der Waals surface area contributed by atoms with Crippen LogP contribution in [0.15, 0.2) is 24.3 Å². The van der Waals surface area contributed by atoms with Crippen LogP contribution in [0.25, 0.3) is 0 Å². The molecule has 2 rings (SSSR count). The van der Waals surface area contributed by atoms with Crippen molar-refractivity contribution in [2.24, 2.45) is 0 Å². The fourth-order valence-corrected chi connectivity index (χ4v) is 1.67. The lowest BCUT2D eigenvalue weighted by molar-refractivity contribution is -0.126. The predicted octanol–water partition coefficient (Wildman–Crippen LogP) is 1.80. The Morgan fingerprint density at radius 2 is 2.06 bits per heavy atom. The number of benzene rings is 1. The summed E-state index contributed by atoms with van der Waals surface area (Å²) in [5.74, 6) is -0.0262. The second-order valence-corrected chi connectivity index (χ2v) is 4.41. The van der Waals surface area contributed by atoms with Gasteiger partial charge in [0.15, 0.2) is 0 Å². The van der Waals surface area contributed by atoms with Gasteiger partial charge in [-0.05, 0) is 43.5 Å². The van der Waals surface area contributed by atoms with Crippen molar-refractivity contribution < 1.29 is 9.53 Å². The number of amides is 1. The van der Waals surface area contributed by atoms with Crippen LogP contribution in [0.3, 0.4) is 0 Å². The van der Waals surface area contributed by atoms with E-state index in [2.05, 4.69) is 0 Å². The zero-order valence-corrected chi connectivity index (χ0v) is 10.1. The topological polar surface area (TPSA) is 55.6 Å². The molecule has 92 valence electrons. The van der Waals surface area contributed by atoms with Crippen LogP contribution >= 0.6 is 0 Å². The SMILES string of the molecule is CN(C(=O)COC1CCC1)c1ccc(N)cc1. The summed E-state index contributed by atoms with van der Waals surface area (Å²) in [7, 11) is 1.75. The Hall–Kier alpha value is -1.55. The zero-order valence-electron chi connectivity index (χ0n) is 10.1. The maximum atomic E-state index is 11.8. The Morgan fingerprint density at radius 3 is 2.59 bits per heavy atom. The molecule has 2 N–H and O–H groups in total. The highest BCUT2D eigenvalue weighted by molar-refractivity contribution is 5.93. The third kappa shape index (κ3) is 2.97. The summed E-state index contributed by atoms with van der Waals surface area (Å²) in [4.78, 5) is 13.4. The van der Waals surface area contributed by atoms with Crippen LogP contribution in [0.4, 0.5) is 11.4 Å². The molecular weight excluding hydrogens is 216 g/mol. The third-order valence-electron chi connectivity index (χ3n) is 3.15. The number of ether oxygens (including phenoxy) is 1. The van der Waals surface area contributed by atoms with E-state index in [1.165, 1.54) is 6.42 Å². The quantitative estimate of drug-likeness (QED) is 0.808. The molecule has 4 heteroatoms. The summed E-state index contributed by atoms with van der Waals surface area (Å²) >= 11 is 0. The number of nitrogens with zero attached hydrogens (tertiary/aromatic N) is 1. The Morgan fingerprint density at radius 1 is 1.41 bits per heavy atom. The minimum Gasteiger partial charge on any atom is -0.399 e. The summed E-state index contributed by atoms with van der Waals surface area (Å²) in [5, 5.41) is 0. The van der Waals surface area contributed by atoms with E-state index in [-0.39, 0.29) is 12.5 Å². The Labute approximate surface area is 101 Å². The highest BCUT2D eigenvalue weighted by atomic mass is 16.5. The highest BCUT2D eigenvalue weighted by Gasteiger charge is 2.20. The van der Waals surface area contributed by atoms with Crippen molar-refractivity contribution in [1.29, 1.82) is 0 Å². The number of nitrogens with two attached hydrogens (primary N) is 1.